The van der Waals surface area contributed by atoms with Crippen LogP contribution in [0.2, 0.25) is 0 Å². The van der Waals surface area contributed by atoms with E-state index in [1.807, 2.05) is 13.8 Å². The smallest absolute Gasteiger partial charge is 0.0796 e. The minimum absolute atomic E-state index is 0.528. The van der Waals surface area contributed by atoms with Crippen LogP contribution in [0.5, 0.6) is 0 Å². The molecule has 0 aromatic rings. The van der Waals surface area contributed by atoms with Gasteiger partial charge in [0.1, 0.15) is 0 Å². The predicted molar refractivity (Wildman–Crippen MR) is 32.6 cm³/mol. The third-order valence-corrected chi connectivity index (χ3v) is 1.28. The van der Waals surface area contributed by atoms with Crippen molar-refractivity contribution in [2.24, 2.45) is 0 Å². The third-order valence-electron chi connectivity index (χ3n) is 1.28. The molecule has 2 N–H and O–H groups in total. The molecule has 2 heteroatoms. The first kappa shape index (κ1) is 7.92. The van der Waals surface area contributed by atoms with Crippen LogP contribution in [0.1, 0.15) is 26.7 Å². The fraction of sp³-hybridized carbons (Fsp3) is 1.00. The second kappa shape index (κ2) is 3.87. The van der Waals surface area contributed by atoms with Gasteiger partial charge < -0.3 is 10.2 Å². The Hall–Kier alpha value is -0.0800. The lowest BCUT2D eigenvalue weighted by Gasteiger charge is -2.12. The molecule has 0 aliphatic carbocycles. The maximum atomic E-state index is 8.88. The molecular formula is C6H14O2. The van der Waals surface area contributed by atoms with E-state index in [-0.39, 0.29) is 0 Å². The van der Waals surface area contributed by atoms with Gasteiger partial charge in [0.15, 0.2) is 0 Å². The highest BCUT2D eigenvalue weighted by molar-refractivity contribution is 4.61. The van der Waals surface area contributed by atoms with Crippen LogP contribution in [0, 0.1) is 0 Å². The summed E-state index contributed by atoms with van der Waals surface area (Å²) in [6, 6.07) is 0. The Morgan fingerprint density at radius 3 is 1.38 bits per heavy atom. The van der Waals surface area contributed by atoms with Crippen molar-refractivity contribution in [2.45, 2.75) is 38.9 Å². The van der Waals surface area contributed by atoms with Crippen molar-refractivity contribution in [3.63, 3.8) is 0 Å². The summed E-state index contributed by atoms with van der Waals surface area (Å²) >= 11 is 0. The average Bonchev–Trinajstić information content (AvgIpc) is 1.84. The zero-order valence-electron chi connectivity index (χ0n) is 5.46. The SMILES string of the molecule is CC[C@H](O)[C@@H](O)CC. The maximum Gasteiger partial charge on any atom is 0.0796 e. The van der Waals surface area contributed by atoms with Crippen molar-refractivity contribution in [2.75, 3.05) is 0 Å². The molecule has 0 amide bonds. The van der Waals surface area contributed by atoms with Gasteiger partial charge in [-0.25, -0.2) is 0 Å². The van der Waals surface area contributed by atoms with Crippen molar-refractivity contribution in [3.8, 4) is 0 Å². The molecule has 0 unspecified atom stereocenters. The fourth-order valence-electron chi connectivity index (χ4n) is 0.544. The summed E-state index contributed by atoms with van der Waals surface area (Å²) < 4.78 is 0. The van der Waals surface area contributed by atoms with Crippen LogP contribution in [0.25, 0.3) is 0 Å². The van der Waals surface area contributed by atoms with Gasteiger partial charge in [0.05, 0.1) is 12.2 Å². The molecule has 0 heterocycles. The van der Waals surface area contributed by atoms with E-state index in [9.17, 15) is 0 Å². The molecule has 0 radical (unpaired) electrons. The second-order valence-corrected chi connectivity index (χ2v) is 1.95. The number of hydrogen-bond acceptors (Lipinski definition) is 2. The molecule has 0 saturated carbocycles. The van der Waals surface area contributed by atoms with E-state index in [4.69, 9.17) is 10.2 Å². The molecule has 0 aliphatic rings. The van der Waals surface area contributed by atoms with Gasteiger partial charge in [0, 0.05) is 0 Å². The van der Waals surface area contributed by atoms with Crippen LogP contribution in [-0.4, -0.2) is 22.4 Å². The van der Waals surface area contributed by atoms with Gasteiger partial charge in [-0.2, -0.15) is 0 Å². The van der Waals surface area contributed by atoms with Crippen molar-refractivity contribution in [3.05, 3.63) is 0 Å². The Bertz CT molecular complexity index is 46.5. The summed E-state index contributed by atoms with van der Waals surface area (Å²) in [5.74, 6) is 0. The topological polar surface area (TPSA) is 40.5 Å². The first-order valence-electron chi connectivity index (χ1n) is 3.08. The van der Waals surface area contributed by atoms with Crippen LogP contribution in [0.3, 0.4) is 0 Å². The van der Waals surface area contributed by atoms with Gasteiger partial charge in [-0.1, -0.05) is 13.8 Å². The molecule has 0 aromatic heterocycles. The van der Waals surface area contributed by atoms with Crippen molar-refractivity contribution in [1.29, 1.82) is 0 Å². The van der Waals surface area contributed by atoms with E-state index in [0.29, 0.717) is 12.8 Å². The van der Waals surface area contributed by atoms with E-state index < -0.39 is 12.2 Å². The predicted octanol–water partition coefficient (Wildman–Crippen LogP) is 0.528. The molecule has 0 aromatic carbocycles. The fourth-order valence-corrected chi connectivity index (χ4v) is 0.544. The van der Waals surface area contributed by atoms with E-state index in [1.165, 1.54) is 0 Å². The summed E-state index contributed by atoms with van der Waals surface area (Å²) in [6.45, 7) is 3.70. The standard InChI is InChI=1S/C6H14O2/c1-3-5(7)6(8)4-2/h5-8H,3-4H2,1-2H3/t5-,6-/m0/s1. The normalized spacial score (nSPS) is 18.0. The largest absolute Gasteiger partial charge is 0.390 e. The summed E-state index contributed by atoms with van der Waals surface area (Å²) in [5.41, 5.74) is 0. The lowest BCUT2D eigenvalue weighted by Crippen LogP contribution is -2.23. The molecule has 0 fully saturated rings. The van der Waals surface area contributed by atoms with E-state index in [2.05, 4.69) is 0 Å². The molecule has 2 nitrogen and oxygen atoms in total. The van der Waals surface area contributed by atoms with Crippen molar-refractivity contribution < 1.29 is 10.2 Å². The van der Waals surface area contributed by atoms with E-state index in [1.54, 1.807) is 0 Å². The molecule has 50 valence electrons. The average molecular weight is 118 g/mol. The summed E-state index contributed by atoms with van der Waals surface area (Å²) in [4.78, 5) is 0. The van der Waals surface area contributed by atoms with Crippen molar-refractivity contribution in [1.82, 2.24) is 0 Å². The van der Waals surface area contributed by atoms with Crippen LogP contribution >= 0.6 is 0 Å². The quantitative estimate of drug-likeness (QED) is 0.567. The molecule has 0 bridgehead atoms. The van der Waals surface area contributed by atoms with Gasteiger partial charge in [-0.15, -0.1) is 0 Å². The molecule has 0 saturated heterocycles. The Morgan fingerprint density at radius 2 is 1.25 bits per heavy atom. The molecule has 8 heavy (non-hydrogen) atoms. The molecule has 2 atom stereocenters. The van der Waals surface area contributed by atoms with E-state index in [0.717, 1.165) is 0 Å². The zero-order valence-corrected chi connectivity index (χ0v) is 5.46. The van der Waals surface area contributed by atoms with Gasteiger partial charge in [0.2, 0.25) is 0 Å². The highest BCUT2D eigenvalue weighted by atomic mass is 16.3. The van der Waals surface area contributed by atoms with Crippen molar-refractivity contribution >= 4 is 0 Å². The van der Waals surface area contributed by atoms with Gasteiger partial charge in [-0.05, 0) is 12.8 Å². The minimum Gasteiger partial charge on any atom is -0.390 e. The van der Waals surface area contributed by atoms with Gasteiger partial charge in [-0.3, -0.25) is 0 Å². The zero-order chi connectivity index (χ0) is 6.57. The van der Waals surface area contributed by atoms with Crippen LogP contribution in [0.15, 0.2) is 0 Å². The monoisotopic (exact) mass is 118 g/mol. The minimum atomic E-state index is -0.528. The van der Waals surface area contributed by atoms with Crippen LogP contribution < -0.4 is 0 Å². The number of aliphatic hydroxyl groups is 2. The first-order valence-corrected chi connectivity index (χ1v) is 3.08. The lowest BCUT2D eigenvalue weighted by molar-refractivity contribution is 0.0157. The third kappa shape index (κ3) is 2.28. The highest BCUT2D eigenvalue weighted by Crippen LogP contribution is 2.00. The maximum absolute atomic E-state index is 8.88. The Balaban J connectivity index is 3.29. The summed E-state index contributed by atoms with van der Waals surface area (Å²) in [7, 11) is 0. The number of hydrogen-bond donors (Lipinski definition) is 2. The second-order valence-electron chi connectivity index (χ2n) is 1.95. The summed E-state index contributed by atoms with van der Waals surface area (Å²) in [5, 5.41) is 17.8. The first-order chi connectivity index (χ1) is 3.72. The number of aliphatic hydroxyl groups excluding tert-OH is 2. The summed E-state index contributed by atoms with van der Waals surface area (Å²) in [6.07, 6.45) is 0.212. The Morgan fingerprint density at radius 1 is 1.00 bits per heavy atom. The van der Waals surface area contributed by atoms with Gasteiger partial charge >= 0.3 is 0 Å². The lowest BCUT2D eigenvalue weighted by atomic mass is 10.1. The van der Waals surface area contributed by atoms with Gasteiger partial charge in [0.25, 0.3) is 0 Å². The molecular weight excluding hydrogens is 104 g/mol. The molecule has 0 spiro atoms. The highest BCUT2D eigenvalue weighted by Gasteiger charge is 2.09. The molecule has 0 aliphatic heterocycles. The van der Waals surface area contributed by atoms with Crippen LogP contribution in [-0.2, 0) is 0 Å². The number of rotatable bonds is 3. The molecule has 0 rings (SSSR count). The van der Waals surface area contributed by atoms with E-state index >= 15 is 0 Å². The van der Waals surface area contributed by atoms with Crippen LogP contribution in [0.4, 0.5) is 0 Å². The Labute approximate surface area is 50.2 Å². The Kier molecular flexibility index (Phi) is 3.83.